The summed E-state index contributed by atoms with van der Waals surface area (Å²) >= 11 is 0. The average molecular weight is 385 g/mol. The first-order chi connectivity index (χ1) is 13.7. The minimum Gasteiger partial charge on any atom is -0.493 e. The molecule has 0 amide bonds. The van der Waals surface area contributed by atoms with Crippen molar-refractivity contribution in [2.75, 3.05) is 20.3 Å². The molecule has 1 heterocycles. The first-order valence-corrected chi connectivity index (χ1v) is 9.07. The van der Waals surface area contributed by atoms with Crippen molar-refractivity contribution in [2.45, 2.75) is 19.2 Å². The number of hydrogen-bond donors (Lipinski definition) is 1. The number of rotatable bonds is 10. The van der Waals surface area contributed by atoms with Crippen LogP contribution in [-0.2, 0) is 13.1 Å². The van der Waals surface area contributed by atoms with E-state index in [2.05, 4.69) is 0 Å². The second kappa shape index (κ2) is 9.92. The van der Waals surface area contributed by atoms with E-state index >= 15 is 0 Å². The van der Waals surface area contributed by atoms with Gasteiger partial charge >= 0.3 is 0 Å². The second-order valence-corrected chi connectivity index (χ2v) is 6.46. The van der Waals surface area contributed by atoms with Crippen LogP contribution in [0.3, 0.4) is 0 Å². The summed E-state index contributed by atoms with van der Waals surface area (Å²) < 4.78 is 30.4. The van der Waals surface area contributed by atoms with Gasteiger partial charge < -0.3 is 19.0 Å². The highest BCUT2D eigenvalue weighted by Crippen LogP contribution is 2.26. The summed E-state index contributed by atoms with van der Waals surface area (Å²) in [6, 6.07) is 17.5. The number of hydrogen-bond acceptors (Lipinski definition) is 5. The highest BCUT2D eigenvalue weighted by molar-refractivity contribution is 5.39. The number of furan rings is 1. The number of methoxy groups -OCH3 is 1. The van der Waals surface area contributed by atoms with Crippen molar-refractivity contribution in [3.05, 3.63) is 84.1 Å². The lowest BCUT2D eigenvalue weighted by Crippen LogP contribution is -2.35. The van der Waals surface area contributed by atoms with Crippen LogP contribution >= 0.6 is 0 Å². The zero-order valence-corrected chi connectivity index (χ0v) is 15.8. The summed E-state index contributed by atoms with van der Waals surface area (Å²) in [5, 5.41) is 10.5. The first kappa shape index (κ1) is 19.9. The summed E-state index contributed by atoms with van der Waals surface area (Å²) in [6.07, 6.45) is 0.823. The van der Waals surface area contributed by atoms with Gasteiger partial charge in [0.25, 0.3) is 0 Å². The third-order valence-electron chi connectivity index (χ3n) is 4.28. The number of para-hydroxylation sites is 2. The van der Waals surface area contributed by atoms with Crippen LogP contribution < -0.4 is 9.47 Å². The third kappa shape index (κ3) is 5.58. The topological polar surface area (TPSA) is 55.1 Å². The SMILES string of the molecule is COc1ccccc1OCC(O)CN(Cc1ccco1)Cc1ccccc1F. The van der Waals surface area contributed by atoms with Crippen LogP contribution in [0.25, 0.3) is 0 Å². The van der Waals surface area contributed by atoms with E-state index in [-0.39, 0.29) is 12.4 Å². The Morgan fingerprint density at radius 3 is 2.46 bits per heavy atom. The Morgan fingerprint density at radius 1 is 1.00 bits per heavy atom. The Morgan fingerprint density at radius 2 is 1.75 bits per heavy atom. The van der Waals surface area contributed by atoms with E-state index in [1.165, 1.54) is 6.07 Å². The van der Waals surface area contributed by atoms with Crippen LogP contribution in [0.1, 0.15) is 11.3 Å². The van der Waals surface area contributed by atoms with Gasteiger partial charge in [0.1, 0.15) is 24.3 Å². The molecule has 3 rings (SSSR count). The van der Waals surface area contributed by atoms with Crippen molar-refractivity contribution >= 4 is 0 Å². The van der Waals surface area contributed by atoms with Gasteiger partial charge in [-0.1, -0.05) is 30.3 Å². The Kier molecular flexibility index (Phi) is 7.06. The van der Waals surface area contributed by atoms with Crippen LogP contribution in [0.5, 0.6) is 11.5 Å². The average Bonchev–Trinajstić information content (AvgIpc) is 3.21. The van der Waals surface area contributed by atoms with Gasteiger partial charge in [0, 0.05) is 18.7 Å². The zero-order chi connectivity index (χ0) is 19.8. The van der Waals surface area contributed by atoms with Gasteiger partial charge in [-0.2, -0.15) is 0 Å². The summed E-state index contributed by atoms with van der Waals surface area (Å²) in [6.45, 7) is 1.18. The highest BCUT2D eigenvalue weighted by atomic mass is 19.1. The molecule has 1 unspecified atom stereocenters. The van der Waals surface area contributed by atoms with Gasteiger partial charge in [0.15, 0.2) is 11.5 Å². The number of aliphatic hydroxyl groups excluding tert-OH is 1. The number of nitrogens with zero attached hydrogens (tertiary/aromatic N) is 1. The van der Waals surface area contributed by atoms with Crippen molar-refractivity contribution in [2.24, 2.45) is 0 Å². The molecule has 1 atom stereocenters. The molecule has 0 aliphatic rings. The predicted molar refractivity (Wildman–Crippen MR) is 104 cm³/mol. The molecule has 0 saturated carbocycles. The first-order valence-electron chi connectivity index (χ1n) is 9.07. The standard InChI is InChI=1S/C22H24FNO4/c1-26-21-10-4-5-11-22(21)28-16-18(25)14-24(15-19-8-6-12-27-19)13-17-7-2-3-9-20(17)23/h2-12,18,25H,13-16H2,1H3. The Labute approximate surface area is 163 Å². The molecule has 0 aliphatic heterocycles. The summed E-state index contributed by atoms with van der Waals surface area (Å²) in [5.41, 5.74) is 0.562. The monoisotopic (exact) mass is 385 g/mol. The molecule has 1 aromatic heterocycles. The minimum atomic E-state index is -0.772. The lowest BCUT2D eigenvalue weighted by Gasteiger charge is -2.25. The zero-order valence-electron chi connectivity index (χ0n) is 15.8. The normalized spacial score (nSPS) is 12.1. The summed E-state index contributed by atoms with van der Waals surface area (Å²) in [5.74, 6) is 1.64. The van der Waals surface area contributed by atoms with E-state index in [1.54, 1.807) is 49.8 Å². The predicted octanol–water partition coefficient (Wildman–Crippen LogP) is 3.87. The Bertz CT molecular complexity index is 853. The minimum absolute atomic E-state index is 0.0896. The lowest BCUT2D eigenvalue weighted by molar-refractivity contribution is 0.0592. The van der Waals surface area contributed by atoms with E-state index in [1.807, 2.05) is 23.1 Å². The van der Waals surface area contributed by atoms with E-state index in [4.69, 9.17) is 13.9 Å². The number of halogens is 1. The molecule has 3 aromatic rings. The van der Waals surface area contributed by atoms with Gasteiger partial charge in [0.2, 0.25) is 0 Å². The van der Waals surface area contributed by atoms with Crippen LogP contribution in [0.2, 0.25) is 0 Å². The van der Waals surface area contributed by atoms with Crippen molar-refractivity contribution in [1.29, 1.82) is 0 Å². The van der Waals surface area contributed by atoms with Gasteiger partial charge in [-0.25, -0.2) is 4.39 Å². The Hall–Kier alpha value is -2.83. The number of ether oxygens (including phenoxy) is 2. The van der Waals surface area contributed by atoms with Crippen LogP contribution in [0.15, 0.2) is 71.3 Å². The Balaban J connectivity index is 1.63. The molecule has 0 fully saturated rings. The highest BCUT2D eigenvalue weighted by Gasteiger charge is 2.17. The second-order valence-electron chi connectivity index (χ2n) is 6.46. The van der Waals surface area contributed by atoms with Crippen molar-refractivity contribution in [1.82, 2.24) is 4.90 Å². The van der Waals surface area contributed by atoms with Gasteiger partial charge in [-0.05, 0) is 30.3 Å². The van der Waals surface area contributed by atoms with E-state index < -0.39 is 6.10 Å². The fraction of sp³-hybridized carbons (Fsp3) is 0.273. The van der Waals surface area contributed by atoms with Crippen molar-refractivity contribution < 1.29 is 23.4 Å². The quantitative estimate of drug-likeness (QED) is 0.574. The molecule has 28 heavy (non-hydrogen) atoms. The molecule has 148 valence electrons. The van der Waals surface area contributed by atoms with Crippen molar-refractivity contribution in [3.63, 3.8) is 0 Å². The molecule has 0 aliphatic carbocycles. The lowest BCUT2D eigenvalue weighted by atomic mass is 10.2. The number of aliphatic hydroxyl groups is 1. The van der Waals surface area contributed by atoms with E-state index in [0.717, 1.165) is 5.76 Å². The van der Waals surface area contributed by atoms with Gasteiger partial charge in [-0.3, -0.25) is 4.90 Å². The molecular formula is C22H24FNO4. The molecule has 0 spiro atoms. The molecule has 5 nitrogen and oxygen atoms in total. The molecular weight excluding hydrogens is 361 g/mol. The maximum absolute atomic E-state index is 14.1. The molecule has 6 heteroatoms. The van der Waals surface area contributed by atoms with Crippen molar-refractivity contribution in [3.8, 4) is 11.5 Å². The summed E-state index contributed by atoms with van der Waals surface area (Å²) in [7, 11) is 1.57. The molecule has 0 saturated heterocycles. The van der Waals surface area contributed by atoms with Gasteiger partial charge in [-0.15, -0.1) is 0 Å². The fourth-order valence-electron chi connectivity index (χ4n) is 2.95. The molecule has 2 aromatic carbocycles. The molecule has 0 bridgehead atoms. The molecule has 1 N–H and O–H groups in total. The number of benzene rings is 2. The van der Waals surface area contributed by atoms with Crippen LogP contribution in [0, 0.1) is 5.82 Å². The van der Waals surface area contributed by atoms with Gasteiger partial charge in [0.05, 0.1) is 19.9 Å². The largest absolute Gasteiger partial charge is 0.493 e. The molecule has 0 radical (unpaired) electrons. The fourth-order valence-corrected chi connectivity index (χ4v) is 2.95. The smallest absolute Gasteiger partial charge is 0.161 e. The van der Waals surface area contributed by atoms with E-state index in [0.29, 0.717) is 36.7 Å². The maximum Gasteiger partial charge on any atom is 0.161 e. The maximum atomic E-state index is 14.1. The summed E-state index contributed by atoms with van der Waals surface area (Å²) in [4.78, 5) is 1.92. The van der Waals surface area contributed by atoms with E-state index in [9.17, 15) is 9.50 Å². The van der Waals surface area contributed by atoms with Crippen LogP contribution in [-0.4, -0.2) is 36.4 Å². The van der Waals surface area contributed by atoms with Crippen LogP contribution in [0.4, 0.5) is 4.39 Å². The third-order valence-corrected chi connectivity index (χ3v) is 4.28.